The molecule has 0 spiro atoms. The molecule has 1 aromatic carbocycles. The fourth-order valence-electron chi connectivity index (χ4n) is 3.16. The zero-order chi connectivity index (χ0) is 18.9. The van der Waals surface area contributed by atoms with Crippen molar-refractivity contribution in [1.82, 2.24) is 9.13 Å². The molecule has 7 nitrogen and oxygen atoms in total. The summed E-state index contributed by atoms with van der Waals surface area (Å²) < 4.78 is 21.0. The number of aryl methyl sites for hydroxylation is 1. The van der Waals surface area contributed by atoms with E-state index in [2.05, 4.69) is 5.32 Å². The van der Waals surface area contributed by atoms with Gasteiger partial charge in [-0.15, -0.1) is 0 Å². The molecule has 2 heterocycles. The van der Waals surface area contributed by atoms with Gasteiger partial charge in [-0.1, -0.05) is 12.1 Å². The Labute approximate surface area is 149 Å². The van der Waals surface area contributed by atoms with Crippen LogP contribution >= 0.6 is 0 Å². The van der Waals surface area contributed by atoms with E-state index in [-0.39, 0.29) is 17.9 Å². The first-order valence-corrected chi connectivity index (χ1v) is 8.29. The predicted molar refractivity (Wildman–Crippen MR) is 93.6 cm³/mol. The number of ether oxygens (including phenoxy) is 1. The van der Waals surface area contributed by atoms with Gasteiger partial charge in [0.15, 0.2) is 5.60 Å². The smallest absolute Gasteiger partial charge is 0.330 e. The molecule has 1 aromatic heterocycles. The summed E-state index contributed by atoms with van der Waals surface area (Å²) in [5.41, 5.74) is -1.43. The summed E-state index contributed by atoms with van der Waals surface area (Å²) in [6, 6.07) is 5.88. The van der Waals surface area contributed by atoms with Crippen LogP contribution in [0.4, 0.5) is 10.1 Å². The number of halogens is 1. The first-order chi connectivity index (χ1) is 12.3. The van der Waals surface area contributed by atoms with Gasteiger partial charge in [-0.05, 0) is 30.5 Å². The zero-order valence-corrected chi connectivity index (χ0v) is 14.6. The molecule has 8 heteroatoms. The van der Waals surface area contributed by atoms with Crippen molar-refractivity contribution in [2.24, 2.45) is 14.1 Å². The number of carbonyl (C=O) groups excluding carboxylic acids is 1. The number of amides is 1. The lowest BCUT2D eigenvalue weighted by Gasteiger charge is -2.27. The predicted octanol–water partition coefficient (Wildman–Crippen LogP) is 0.954. The summed E-state index contributed by atoms with van der Waals surface area (Å²) in [5, 5.41) is 2.60. The van der Waals surface area contributed by atoms with Crippen molar-refractivity contribution in [2.45, 2.75) is 24.9 Å². The van der Waals surface area contributed by atoms with Crippen LogP contribution in [0.5, 0.6) is 0 Å². The van der Waals surface area contributed by atoms with Crippen molar-refractivity contribution in [3.8, 4) is 0 Å². The van der Waals surface area contributed by atoms with E-state index in [1.165, 1.54) is 37.0 Å². The molecule has 0 saturated carbocycles. The van der Waals surface area contributed by atoms with Crippen LogP contribution in [-0.2, 0) is 30.0 Å². The highest BCUT2D eigenvalue weighted by Gasteiger charge is 2.43. The standard InChI is InChI=1S/C18H20FN3O4/c1-21-11-14(15(23)22(2)17(21)25)20-16(24)18(8-3-9-26-18)10-12-4-6-13(19)7-5-12/h4-7,11H,3,8-10H2,1-2H3,(H,20,24). The lowest BCUT2D eigenvalue weighted by atomic mass is 9.90. The summed E-state index contributed by atoms with van der Waals surface area (Å²) in [5.74, 6) is -0.802. The highest BCUT2D eigenvalue weighted by molar-refractivity contribution is 5.97. The van der Waals surface area contributed by atoms with E-state index in [0.29, 0.717) is 19.4 Å². The molecule has 1 unspecified atom stereocenters. The second-order valence-electron chi connectivity index (χ2n) is 6.50. The molecule has 1 amide bonds. The number of hydrogen-bond acceptors (Lipinski definition) is 4. The van der Waals surface area contributed by atoms with Gasteiger partial charge in [0.05, 0.1) is 0 Å². The molecular weight excluding hydrogens is 341 g/mol. The van der Waals surface area contributed by atoms with Gasteiger partial charge < -0.3 is 14.6 Å². The van der Waals surface area contributed by atoms with E-state index in [1.54, 1.807) is 12.1 Å². The van der Waals surface area contributed by atoms with Crippen molar-refractivity contribution in [2.75, 3.05) is 11.9 Å². The first-order valence-electron chi connectivity index (χ1n) is 8.29. The summed E-state index contributed by atoms with van der Waals surface area (Å²) >= 11 is 0. The third-order valence-electron chi connectivity index (χ3n) is 4.61. The van der Waals surface area contributed by atoms with Crippen molar-refractivity contribution in [3.05, 3.63) is 62.7 Å². The molecule has 1 aliphatic heterocycles. The van der Waals surface area contributed by atoms with Gasteiger partial charge in [-0.3, -0.25) is 14.2 Å². The highest BCUT2D eigenvalue weighted by Crippen LogP contribution is 2.31. The minimum atomic E-state index is -1.13. The number of carbonyl (C=O) groups is 1. The molecule has 1 saturated heterocycles. The Morgan fingerprint density at radius 1 is 1.27 bits per heavy atom. The van der Waals surface area contributed by atoms with Crippen LogP contribution in [0.2, 0.25) is 0 Å². The lowest BCUT2D eigenvalue weighted by Crippen LogP contribution is -2.46. The average molecular weight is 361 g/mol. The van der Waals surface area contributed by atoms with Gasteiger partial charge in [-0.2, -0.15) is 0 Å². The van der Waals surface area contributed by atoms with Gasteiger partial charge >= 0.3 is 5.69 Å². The van der Waals surface area contributed by atoms with Crippen LogP contribution < -0.4 is 16.6 Å². The van der Waals surface area contributed by atoms with Gasteiger partial charge in [0, 0.05) is 33.3 Å². The largest absolute Gasteiger partial charge is 0.365 e. The van der Waals surface area contributed by atoms with Gasteiger partial charge in [0.2, 0.25) is 0 Å². The number of hydrogen-bond donors (Lipinski definition) is 1. The Balaban J connectivity index is 1.89. The van der Waals surface area contributed by atoms with Crippen LogP contribution in [0.25, 0.3) is 0 Å². The molecule has 0 aliphatic carbocycles. The molecule has 0 bridgehead atoms. The fourth-order valence-corrected chi connectivity index (χ4v) is 3.16. The molecule has 1 atom stereocenters. The minimum absolute atomic E-state index is 0.00795. The van der Waals surface area contributed by atoms with Crippen LogP contribution in [0.15, 0.2) is 40.1 Å². The number of aromatic nitrogens is 2. The monoisotopic (exact) mass is 361 g/mol. The molecule has 26 heavy (non-hydrogen) atoms. The van der Waals surface area contributed by atoms with Crippen molar-refractivity contribution < 1.29 is 13.9 Å². The van der Waals surface area contributed by atoms with Crippen molar-refractivity contribution in [3.63, 3.8) is 0 Å². The molecule has 138 valence electrons. The van der Waals surface area contributed by atoms with Gasteiger partial charge in [-0.25, -0.2) is 9.18 Å². The molecule has 1 aliphatic rings. The summed E-state index contributed by atoms with van der Waals surface area (Å²) in [4.78, 5) is 36.9. The van der Waals surface area contributed by atoms with E-state index in [1.807, 2.05) is 0 Å². The van der Waals surface area contributed by atoms with E-state index < -0.39 is 22.8 Å². The fraction of sp³-hybridized carbons (Fsp3) is 0.389. The van der Waals surface area contributed by atoms with Gasteiger partial charge in [0.25, 0.3) is 11.5 Å². The average Bonchev–Trinajstić information content (AvgIpc) is 3.09. The van der Waals surface area contributed by atoms with E-state index in [9.17, 15) is 18.8 Å². The number of anilines is 1. The van der Waals surface area contributed by atoms with Crippen LogP contribution in [0.3, 0.4) is 0 Å². The van der Waals surface area contributed by atoms with Crippen LogP contribution in [0, 0.1) is 5.82 Å². The molecule has 1 N–H and O–H groups in total. The normalized spacial score (nSPS) is 19.5. The van der Waals surface area contributed by atoms with Crippen LogP contribution in [0.1, 0.15) is 18.4 Å². The number of rotatable bonds is 4. The zero-order valence-electron chi connectivity index (χ0n) is 14.6. The van der Waals surface area contributed by atoms with E-state index in [4.69, 9.17) is 4.74 Å². The number of nitrogens with zero attached hydrogens (tertiary/aromatic N) is 2. The lowest BCUT2D eigenvalue weighted by molar-refractivity contribution is -0.135. The van der Waals surface area contributed by atoms with Crippen molar-refractivity contribution in [1.29, 1.82) is 0 Å². The summed E-state index contributed by atoms with van der Waals surface area (Å²) in [7, 11) is 2.85. The number of nitrogens with one attached hydrogen (secondary N) is 1. The quantitative estimate of drug-likeness (QED) is 0.879. The maximum Gasteiger partial charge on any atom is 0.330 e. The molecule has 3 rings (SSSR count). The molecular formula is C18H20FN3O4. The molecule has 2 aromatic rings. The van der Waals surface area contributed by atoms with E-state index >= 15 is 0 Å². The Kier molecular flexibility index (Phi) is 4.78. The van der Waals surface area contributed by atoms with Gasteiger partial charge in [0.1, 0.15) is 11.5 Å². The summed E-state index contributed by atoms with van der Waals surface area (Å²) in [6.45, 7) is 0.430. The number of benzene rings is 1. The Morgan fingerprint density at radius 2 is 1.96 bits per heavy atom. The third kappa shape index (κ3) is 3.32. The minimum Gasteiger partial charge on any atom is -0.365 e. The SMILES string of the molecule is Cn1cc(NC(=O)C2(Cc3ccc(F)cc3)CCCO2)c(=O)n(C)c1=O. The Bertz CT molecular complexity index is 940. The third-order valence-corrected chi connectivity index (χ3v) is 4.61. The summed E-state index contributed by atoms with van der Waals surface area (Å²) in [6.07, 6.45) is 2.76. The van der Waals surface area contributed by atoms with E-state index in [0.717, 1.165) is 10.1 Å². The Hall–Kier alpha value is -2.74. The van der Waals surface area contributed by atoms with Crippen molar-refractivity contribution >= 4 is 11.6 Å². The Morgan fingerprint density at radius 3 is 2.58 bits per heavy atom. The maximum atomic E-state index is 13.1. The molecule has 1 fully saturated rings. The highest BCUT2D eigenvalue weighted by atomic mass is 19.1. The topological polar surface area (TPSA) is 82.3 Å². The van der Waals surface area contributed by atoms with Crippen LogP contribution in [-0.4, -0.2) is 27.2 Å². The first kappa shape index (κ1) is 18.1. The maximum absolute atomic E-state index is 13.1. The second-order valence-corrected chi connectivity index (χ2v) is 6.50. The second kappa shape index (κ2) is 6.87. The molecule has 0 radical (unpaired) electrons.